The van der Waals surface area contributed by atoms with Crippen molar-refractivity contribution in [2.75, 3.05) is 6.54 Å². The van der Waals surface area contributed by atoms with Gasteiger partial charge in [-0.2, -0.15) is 0 Å². The first-order chi connectivity index (χ1) is 9.65. The molecule has 2 amide bonds. The third kappa shape index (κ3) is 4.31. The summed E-state index contributed by atoms with van der Waals surface area (Å²) in [7, 11) is 0. The van der Waals surface area contributed by atoms with E-state index in [4.69, 9.17) is 0 Å². The maximum atomic E-state index is 11.8. The quantitative estimate of drug-likeness (QED) is 0.889. The molecule has 0 aliphatic heterocycles. The highest BCUT2D eigenvalue weighted by molar-refractivity contribution is 7.09. The van der Waals surface area contributed by atoms with Gasteiger partial charge in [0.25, 0.3) is 0 Å². The van der Waals surface area contributed by atoms with Crippen LogP contribution in [-0.2, 0) is 6.42 Å². The molecule has 0 spiro atoms. The third-order valence-corrected chi connectivity index (χ3v) is 3.69. The van der Waals surface area contributed by atoms with E-state index in [2.05, 4.69) is 20.6 Å². The van der Waals surface area contributed by atoms with E-state index in [0.29, 0.717) is 6.54 Å². The first kappa shape index (κ1) is 14.5. The molecule has 0 unspecified atom stereocenters. The highest BCUT2D eigenvalue weighted by Crippen LogP contribution is 2.09. The minimum Gasteiger partial charge on any atom is -0.338 e. The van der Waals surface area contributed by atoms with Crippen molar-refractivity contribution in [3.8, 4) is 0 Å². The van der Waals surface area contributed by atoms with E-state index < -0.39 is 0 Å². The van der Waals surface area contributed by atoms with Crippen molar-refractivity contribution >= 4 is 17.4 Å². The Morgan fingerprint density at radius 1 is 1.50 bits per heavy atom. The second kappa shape index (κ2) is 7.00. The largest absolute Gasteiger partial charge is 0.338 e. The van der Waals surface area contributed by atoms with Crippen LogP contribution in [0, 0.1) is 6.92 Å². The molecule has 20 heavy (non-hydrogen) atoms. The summed E-state index contributed by atoms with van der Waals surface area (Å²) < 4.78 is 0. The number of amides is 2. The number of urea groups is 1. The van der Waals surface area contributed by atoms with Gasteiger partial charge in [-0.15, -0.1) is 11.3 Å². The lowest BCUT2D eigenvalue weighted by Crippen LogP contribution is -2.38. The molecule has 2 aromatic rings. The average Bonchev–Trinajstić information content (AvgIpc) is 2.85. The minimum atomic E-state index is -0.173. The second-order valence-corrected chi connectivity index (χ2v) is 5.58. The van der Waals surface area contributed by atoms with E-state index in [1.807, 2.05) is 31.4 Å². The third-order valence-electron chi connectivity index (χ3n) is 2.87. The average molecular weight is 290 g/mol. The molecule has 106 valence electrons. The Bertz CT molecular complexity index is 555. The van der Waals surface area contributed by atoms with Crippen LogP contribution in [0.15, 0.2) is 29.9 Å². The fraction of sp³-hybridized carbons (Fsp3) is 0.357. The molecule has 1 atom stereocenters. The van der Waals surface area contributed by atoms with Crippen LogP contribution in [0.4, 0.5) is 4.79 Å². The molecule has 0 radical (unpaired) electrons. The van der Waals surface area contributed by atoms with Gasteiger partial charge in [0.15, 0.2) is 0 Å². The van der Waals surface area contributed by atoms with Crippen LogP contribution in [0.2, 0.25) is 0 Å². The summed E-state index contributed by atoms with van der Waals surface area (Å²) in [5.74, 6) is 0. The Balaban J connectivity index is 1.73. The van der Waals surface area contributed by atoms with Crippen LogP contribution in [0.5, 0.6) is 0 Å². The molecule has 2 rings (SSSR count). The highest BCUT2D eigenvalue weighted by atomic mass is 32.1. The van der Waals surface area contributed by atoms with E-state index in [0.717, 1.165) is 22.7 Å². The predicted octanol–water partition coefficient (Wildman–Crippen LogP) is 2.45. The number of aromatic nitrogens is 2. The highest BCUT2D eigenvalue weighted by Gasteiger charge is 2.08. The van der Waals surface area contributed by atoms with Gasteiger partial charge in [0.2, 0.25) is 0 Å². The summed E-state index contributed by atoms with van der Waals surface area (Å²) >= 11 is 1.62. The first-order valence-electron chi connectivity index (χ1n) is 6.50. The number of carbonyl (C=O) groups is 1. The molecule has 0 aromatic carbocycles. The summed E-state index contributed by atoms with van der Waals surface area (Å²) in [6.07, 6.45) is 4.22. The number of hydrogen-bond donors (Lipinski definition) is 2. The maximum Gasteiger partial charge on any atom is 0.315 e. The fourth-order valence-electron chi connectivity index (χ4n) is 1.79. The number of nitrogens with one attached hydrogen (secondary N) is 2. The number of thiazole rings is 1. The molecule has 6 heteroatoms. The molecule has 5 nitrogen and oxygen atoms in total. The Morgan fingerprint density at radius 3 is 3.00 bits per heavy atom. The number of hydrogen-bond acceptors (Lipinski definition) is 4. The van der Waals surface area contributed by atoms with Gasteiger partial charge in [-0.3, -0.25) is 4.98 Å². The van der Waals surface area contributed by atoms with Crippen molar-refractivity contribution in [3.05, 3.63) is 46.2 Å². The number of nitrogens with zero attached hydrogens (tertiary/aromatic N) is 2. The molecular weight excluding hydrogens is 272 g/mol. The molecule has 0 bridgehead atoms. The molecule has 0 aliphatic rings. The lowest BCUT2D eigenvalue weighted by Gasteiger charge is -2.14. The standard InChI is InChI=1S/C14H18N4OS/c1-10(12-4-3-6-15-8-12)17-14(19)16-7-5-13-9-20-11(2)18-13/h3-4,6,8-10H,5,7H2,1-2H3,(H2,16,17,19)/t10-/m1/s1. The SMILES string of the molecule is Cc1nc(CCNC(=O)N[C@H](C)c2cccnc2)cs1. The molecule has 0 fully saturated rings. The predicted molar refractivity (Wildman–Crippen MR) is 79.7 cm³/mol. The van der Waals surface area contributed by atoms with Gasteiger partial charge in [0.1, 0.15) is 0 Å². The van der Waals surface area contributed by atoms with E-state index in [9.17, 15) is 4.79 Å². The van der Waals surface area contributed by atoms with E-state index >= 15 is 0 Å². The Labute approximate surface area is 122 Å². The Kier molecular flexibility index (Phi) is 5.06. The Hall–Kier alpha value is -1.95. The minimum absolute atomic E-state index is 0.0646. The van der Waals surface area contributed by atoms with Gasteiger partial charge in [-0.25, -0.2) is 9.78 Å². The number of carbonyl (C=O) groups excluding carboxylic acids is 1. The second-order valence-electron chi connectivity index (χ2n) is 4.52. The molecule has 2 aromatic heterocycles. The molecule has 0 saturated heterocycles. The molecular formula is C14H18N4OS. The monoisotopic (exact) mass is 290 g/mol. The van der Waals surface area contributed by atoms with Crippen molar-refractivity contribution in [2.45, 2.75) is 26.3 Å². The van der Waals surface area contributed by atoms with Crippen LogP contribution < -0.4 is 10.6 Å². The fourth-order valence-corrected chi connectivity index (χ4v) is 2.44. The van der Waals surface area contributed by atoms with Crippen molar-refractivity contribution in [1.82, 2.24) is 20.6 Å². The molecule has 2 heterocycles. The van der Waals surface area contributed by atoms with Gasteiger partial charge < -0.3 is 10.6 Å². The van der Waals surface area contributed by atoms with Gasteiger partial charge >= 0.3 is 6.03 Å². The lowest BCUT2D eigenvalue weighted by molar-refractivity contribution is 0.238. The molecule has 2 N–H and O–H groups in total. The summed E-state index contributed by atoms with van der Waals surface area (Å²) in [6.45, 7) is 4.49. The number of rotatable bonds is 5. The molecule has 0 aliphatic carbocycles. The summed E-state index contributed by atoms with van der Waals surface area (Å²) in [5.41, 5.74) is 2.01. The van der Waals surface area contributed by atoms with Crippen LogP contribution in [-0.4, -0.2) is 22.5 Å². The molecule has 0 saturated carbocycles. The zero-order valence-corrected chi connectivity index (χ0v) is 12.4. The van der Waals surface area contributed by atoms with Crippen LogP contribution in [0.1, 0.15) is 29.2 Å². The normalized spacial score (nSPS) is 11.9. The van der Waals surface area contributed by atoms with Crippen LogP contribution in [0.3, 0.4) is 0 Å². The van der Waals surface area contributed by atoms with Crippen molar-refractivity contribution < 1.29 is 4.79 Å². The first-order valence-corrected chi connectivity index (χ1v) is 7.38. The lowest BCUT2D eigenvalue weighted by atomic mass is 10.1. The van der Waals surface area contributed by atoms with Gasteiger partial charge in [0.05, 0.1) is 16.7 Å². The van der Waals surface area contributed by atoms with Crippen LogP contribution >= 0.6 is 11.3 Å². The van der Waals surface area contributed by atoms with E-state index in [1.165, 1.54) is 0 Å². The van der Waals surface area contributed by atoms with Gasteiger partial charge in [-0.05, 0) is 25.5 Å². The maximum absolute atomic E-state index is 11.8. The summed E-state index contributed by atoms with van der Waals surface area (Å²) in [4.78, 5) is 20.2. The zero-order chi connectivity index (χ0) is 14.4. The topological polar surface area (TPSA) is 66.9 Å². The Morgan fingerprint density at radius 2 is 2.35 bits per heavy atom. The zero-order valence-electron chi connectivity index (χ0n) is 11.6. The summed E-state index contributed by atoms with van der Waals surface area (Å²) in [6, 6.07) is 3.56. The van der Waals surface area contributed by atoms with E-state index in [1.54, 1.807) is 23.7 Å². The van der Waals surface area contributed by atoms with Crippen molar-refractivity contribution in [2.24, 2.45) is 0 Å². The van der Waals surface area contributed by atoms with Crippen molar-refractivity contribution in [1.29, 1.82) is 0 Å². The van der Waals surface area contributed by atoms with Crippen molar-refractivity contribution in [3.63, 3.8) is 0 Å². The van der Waals surface area contributed by atoms with Gasteiger partial charge in [-0.1, -0.05) is 6.07 Å². The number of pyridine rings is 1. The smallest absolute Gasteiger partial charge is 0.315 e. The number of aryl methyl sites for hydroxylation is 1. The van der Waals surface area contributed by atoms with E-state index in [-0.39, 0.29) is 12.1 Å². The van der Waals surface area contributed by atoms with Gasteiger partial charge in [0, 0.05) is 30.7 Å². The van der Waals surface area contributed by atoms with Crippen LogP contribution in [0.25, 0.3) is 0 Å². The summed E-state index contributed by atoms with van der Waals surface area (Å²) in [5, 5.41) is 8.79.